The zero-order valence-electron chi connectivity index (χ0n) is 30.4. The molecule has 2 aliphatic heterocycles. The first kappa shape index (κ1) is 37.4. The predicted molar refractivity (Wildman–Crippen MR) is 206 cm³/mol. The van der Waals surface area contributed by atoms with Crippen LogP contribution in [0.3, 0.4) is 0 Å². The Bertz CT molecular complexity index is 2400. The van der Waals surface area contributed by atoms with Crippen molar-refractivity contribution in [2.24, 2.45) is 29.6 Å². The summed E-state index contributed by atoms with van der Waals surface area (Å²) in [6.45, 7) is 0. The molecule has 2 aliphatic carbocycles. The van der Waals surface area contributed by atoms with Crippen LogP contribution in [-0.4, -0.2) is 52.9 Å². The molecule has 8 rings (SSSR count). The molecule has 2 N–H and O–H groups in total. The third-order valence-electron chi connectivity index (χ3n) is 11.6. The topological polar surface area (TPSA) is 169 Å². The number of hydrazine groups is 1. The van der Waals surface area contributed by atoms with Crippen LogP contribution in [0, 0.1) is 45.5 Å². The van der Waals surface area contributed by atoms with E-state index in [0.29, 0.717) is 21.7 Å². The van der Waals surface area contributed by atoms with Gasteiger partial charge < -0.3 is 14.6 Å². The number of rotatable bonds is 9. The van der Waals surface area contributed by atoms with E-state index in [1.807, 2.05) is 6.08 Å². The first-order valence-electron chi connectivity index (χ1n) is 18.0. The molecule has 0 spiro atoms. The number of amides is 4. The summed E-state index contributed by atoms with van der Waals surface area (Å²) in [5.41, 5.74) is 2.99. The highest BCUT2D eigenvalue weighted by molar-refractivity contribution is 6.30. The second-order valence-corrected chi connectivity index (χ2v) is 14.8. The maximum absolute atomic E-state index is 15.3. The molecule has 0 radical (unpaired) electrons. The molecule has 13 nitrogen and oxygen atoms in total. The number of benzene rings is 4. The number of phenolic OH excluding ortho intramolecular Hbond substituents is 1. The van der Waals surface area contributed by atoms with Crippen LogP contribution in [-0.2, 0) is 24.6 Å². The Balaban J connectivity index is 1.30. The molecule has 0 bridgehead atoms. The average molecular weight is 793 g/mol. The van der Waals surface area contributed by atoms with Crippen molar-refractivity contribution >= 4 is 58.4 Å². The van der Waals surface area contributed by atoms with Crippen LogP contribution in [0.4, 0.5) is 21.5 Å². The molecule has 4 amide bonds. The number of phenols is 1. The Morgan fingerprint density at radius 3 is 2.26 bits per heavy atom. The standard InChI is InChI=1S/C42H34ClFN4O9/c1-56-34-18-22(19-35(57-2)37(34)49)6-17-32-29-15-16-30-36(40(52)46(38(30)50)27-4-3-5-28(20-27)48(54)55)31(29)21-33-39(51)47(45-26-13-11-25(44)12-14-26)41(53)42(32,33)23-7-9-24(43)10-8-23/h3-15,17-20,30-33,36,45,49H,16,21H2,1-2H3/t30-,31+,32-,33-,36-,42-/m0/s1. The molecule has 4 aliphatic rings. The average Bonchev–Trinajstić information content (AvgIpc) is 3.59. The molecular formula is C42H34ClFN4O9. The molecule has 4 aromatic carbocycles. The number of non-ortho nitro benzene ring substituents is 1. The first-order chi connectivity index (χ1) is 27.4. The minimum atomic E-state index is -1.61. The van der Waals surface area contributed by atoms with Gasteiger partial charge in [-0.2, -0.15) is 5.01 Å². The number of hydrogen-bond donors (Lipinski definition) is 2. The molecule has 0 aromatic heterocycles. The van der Waals surface area contributed by atoms with E-state index in [4.69, 9.17) is 21.1 Å². The number of anilines is 2. The lowest BCUT2D eigenvalue weighted by molar-refractivity contribution is -0.384. The number of carbonyl (C=O) groups excluding carboxylic acids is 4. The fraction of sp³-hybridized carbons (Fsp3) is 0.238. The Kier molecular flexibility index (Phi) is 9.31. The normalized spacial score (nSPS) is 25.3. The van der Waals surface area contributed by atoms with Crippen LogP contribution in [0.5, 0.6) is 17.2 Å². The Labute approximate surface area is 330 Å². The van der Waals surface area contributed by atoms with Gasteiger partial charge in [-0.1, -0.05) is 53.6 Å². The van der Waals surface area contributed by atoms with Gasteiger partial charge in [-0.3, -0.25) is 34.7 Å². The fourth-order valence-corrected chi connectivity index (χ4v) is 9.24. The van der Waals surface area contributed by atoms with E-state index in [-0.39, 0.29) is 47.2 Å². The number of nitro benzene ring substituents is 1. The summed E-state index contributed by atoms with van der Waals surface area (Å²) < 4.78 is 24.7. The van der Waals surface area contributed by atoms with Crippen LogP contribution >= 0.6 is 11.6 Å². The number of nitrogens with one attached hydrogen (secondary N) is 1. The summed E-state index contributed by atoms with van der Waals surface area (Å²) in [7, 11) is 2.78. The Morgan fingerprint density at radius 1 is 0.930 bits per heavy atom. The van der Waals surface area contributed by atoms with Crippen molar-refractivity contribution in [3.8, 4) is 17.2 Å². The van der Waals surface area contributed by atoms with Gasteiger partial charge in [0.05, 0.1) is 53.7 Å². The molecule has 1 saturated carbocycles. The molecule has 15 heteroatoms. The zero-order valence-corrected chi connectivity index (χ0v) is 31.2. The number of nitro groups is 1. The predicted octanol–water partition coefficient (Wildman–Crippen LogP) is 6.85. The monoisotopic (exact) mass is 792 g/mol. The van der Waals surface area contributed by atoms with Crippen molar-refractivity contribution in [1.29, 1.82) is 0 Å². The van der Waals surface area contributed by atoms with Gasteiger partial charge in [0.15, 0.2) is 11.5 Å². The number of hydrogen-bond acceptors (Lipinski definition) is 10. The molecule has 290 valence electrons. The number of methoxy groups -OCH3 is 2. The minimum absolute atomic E-state index is 0.00517. The number of allylic oxidation sites excluding steroid dienone is 3. The highest BCUT2D eigenvalue weighted by Crippen LogP contribution is 2.62. The third-order valence-corrected chi connectivity index (χ3v) is 11.9. The summed E-state index contributed by atoms with van der Waals surface area (Å²) in [6.07, 6.45) is 5.47. The number of ether oxygens (including phenoxy) is 2. The van der Waals surface area contributed by atoms with Gasteiger partial charge in [-0.05, 0) is 84.5 Å². The van der Waals surface area contributed by atoms with Crippen molar-refractivity contribution in [2.75, 3.05) is 24.5 Å². The lowest BCUT2D eigenvalue weighted by Gasteiger charge is -2.49. The van der Waals surface area contributed by atoms with Gasteiger partial charge in [0.25, 0.3) is 17.5 Å². The summed E-state index contributed by atoms with van der Waals surface area (Å²) in [5.74, 6) is -7.25. The van der Waals surface area contributed by atoms with Crippen LogP contribution in [0.1, 0.15) is 24.0 Å². The van der Waals surface area contributed by atoms with Crippen molar-refractivity contribution < 1.29 is 43.1 Å². The van der Waals surface area contributed by atoms with Crippen molar-refractivity contribution in [3.05, 3.63) is 135 Å². The maximum Gasteiger partial charge on any atom is 0.271 e. The first-order valence-corrected chi connectivity index (χ1v) is 18.4. The van der Waals surface area contributed by atoms with Crippen LogP contribution < -0.4 is 19.8 Å². The lowest BCUT2D eigenvalue weighted by Crippen LogP contribution is -2.54. The number of halogens is 2. The summed E-state index contributed by atoms with van der Waals surface area (Å²) >= 11 is 6.36. The van der Waals surface area contributed by atoms with E-state index < -0.39 is 69.4 Å². The summed E-state index contributed by atoms with van der Waals surface area (Å²) in [6, 6.07) is 20.3. The molecule has 3 fully saturated rings. The second kappa shape index (κ2) is 14.2. The third kappa shape index (κ3) is 5.90. The summed E-state index contributed by atoms with van der Waals surface area (Å²) in [4.78, 5) is 70.6. The summed E-state index contributed by atoms with van der Waals surface area (Å²) in [5, 5.41) is 23.6. The fourth-order valence-electron chi connectivity index (χ4n) is 9.12. The Hall–Kier alpha value is -6.54. The molecule has 57 heavy (non-hydrogen) atoms. The Morgan fingerprint density at radius 2 is 1.61 bits per heavy atom. The number of fused-ring (bicyclic) bond motifs is 4. The van der Waals surface area contributed by atoms with Crippen LogP contribution in [0.25, 0.3) is 6.08 Å². The molecule has 2 saturated heterocycles. The number of imide groups is 2. The maximum atomic E-state index is 15.3. The van der Waals surface area contributed by atoms with E-state index in [9.17, 15) is 34.0 Å². The molecule has 0 unspecified atom stereocenters. The highest BCUT2D eigenvalue weighted by Gasteiger charge is 2.69. The van der Waals surface area contributed by atoms with Gasteiger partial charge in [-0.15, -0.1) is 0 Å². The van der Waals surface area contributed by atoms with Crippen molar-refractivity contribution in [2.45, 2.75) is 18.3 Å². The largest absolute Gasteiger partial charge is 0.502 e. The number of nitrogens with zero attached hydrogens (tertiary/aromatic N) is 3. The van der Waals surface area contributed by atoms with E-state index in [2.05, 4.69) is 5.43 Å². The number of aromatic hydroxyl groups is 1. The van der Waals surface area contributed by atoms with Gasteiger partial charge in [0, 0.05) is 23.1 Å². The van der Waals surface area contributed by atoms with Gasteiger partial charge in [0.1, 0.15) is 5.82 Å². The van der Waals surface area contributed by atoms with Gasteiger partial charge in [0.2, 0.25) is 17.6 Å². The SMILES string of the molecule is COc1cc(C=C[C@H]2C3=CC[C@@H]4C(=O)N(c5cccc([N+](=O)[O-])c5)C(=O)[C@@H]4[C@@H]3C[C@H]3C(=O)N(Nc4ccc(F)cc4)C(=O)[C@@]23c2ccc(Cl)cc2)cc(OC)c1O. The van der Waals surface area contributed by atoms with E-state index in [0.717, 1.165) is 9.91 Å². The minimum Gasteiger partial charge on any atom is -0.502 e. The van der Waals surface area contributed by atoms with E-state index in [1.165, 1.54) is 62.8 Å². The quantitative estimate of drug-likeness (QED) is 0.0792. The van der Waals surface area contributed by atoms with Gasteiger partial charge in [-0.25, -0.2) is 9.29 Å². The zero-order chi connectivity index (χ0) is 40.3. The van der Waals surface area contributed by atoms with Crippen molar-refractivity contribution in [1.82, 2.24) is 5.01 Å². The van der Waals surface area contributed by atoms with E-state index in [1.54, 1.807) is 48.6 Å². The molecule has 4 aromatic rings. The number of carbonyl (C=O) groups is 4. The second-order valence-electron chi connectivity index (χ2n) is 14.3. The van der Waals surface area contributed by atoms with E-state index >= 15 is 4.79 Å². The van der Waals surface area contributed by atoms with Crippen molar-refractivity contribution in [3.63, 3.8) is 0 Å². The smallest absolute Gasteiger partial charge is 0.271 e. The van der Waals surface area contributed by atoms with Crippen LogP contribution in [0.15, 0.2) is 103 Å². The van der Waals surface area contributed by atoms with Crippen LogP contribution in [0.2, 0.25) is 5.02 Å². The highest BCUT2D eigenvalue weighted by atomic mass is 35.5. The molecule has 2 heterocycles. The molecular weight excluding hydrogens is 759 g/mol. The molecule has 6 atom stereocenters. The van der Waals surface area contributed by atoms with Gasteiger partial charge >= 0.3 is 0 Å². The lowest BCUT2D eigenvalue weighted by atomic mass is 9.50.